The van der Waals surface area contributed by atoms with Gasteiger partial charge in [-0.3, -0.25) is 14.6 Å². The number of nitrogens with one attached hydrogen (secondary N) is 1. The number of aryl methyl sites for hydroxylation is 1. The quantitative estimate of drug-likeness (QED) is 0.690. The van der Waals surface area contributed by atoms with E-state index in [1.54, 1.807) is 29.4 Å². The summed E-state index contributed by atoms with van der Waals surface area (Å²) in [4.78, 5) is 36.6. The molecular weight excluding hydrogens is 400 g/mol. The molecule has 0 aliphatic carbocycles. The van der Waals surface area contributed by atoms with Gasteiger partial charge in [0.15, 0.2) is 0 Å². The molecule has 0 unspecified atom stereocenters. The topological polar surface area (TPSA) is 74.7 Å². The summed E-state index contributed by atoms with van der Waals surface area (Å²) in [7, 11) is 0. The van der Waals surface area contributed by atoms with Crippen LogP contribution in [0.1, 0.15) is 46.5 Å². The molecule has 6 heteroatoms. The van der Waals surface area contributed by atoms with Crippen LogP contribution >= 0.6 is 0 Å². The maximum Gasteiger partial charge on any atom is 0.272 e. The zero-order valence-corrected chi connectivity index (χ0v) is 18.5. The number of carbonyl (C=O) groups excluding carboxylic acids is 2. The maximum atomic E-state index is 13.4. The van der Waals surface area contributed by atoms with Crippen LogP contribution in [-0.4, -0.2) is 35.2 Å². The van der Waals surface area contributed by atoms with Crippen molar-refractivity contribution in [1.82, 2.24) is 10.3 Å². The van der Waals surface area contributed by atoms with E-state index in [1.807, 2.05) is 44.2 Å². The third-order valence-corrected chi connectivity index (χ3v) is 5.48. The van der Waals surface area contributed by atoms with Gasteiger partial charge in [0.2, 0.25) is 6.17 Å². The second-order valence-electron chi connectivity index (χ2n) is 7.52. The number of aliphatic imine (C=N–C) groups is 1. The lowest BCUT2D eigenvalue weighted by Gasteiger charge is -2.21. The minimum absolute atomic E-state index is 0.216. The summed E-state index contributed by atoms with van der Waals surface area (Å²) in [5, 5.41) is 2.82. The summed E-state index contributed by atoms with van der Waals surface area (Å²) in [6.07, 6.45) is 2.89. The lowest BCUT2D eigenvalue weighted by molar-refractivity contribution is -0.120. The van der Waals surface area contributed by atoms with Crippen molar-refractivity contribution in [2.45, 2.75) is 33.4 Å². The highest BCUT2D eigenvalue weighted by molar-refractivity contribution is 6.21. The highest BCUT2D eigenvalue weighted by Gasteiger charge is 2.37. The number of anilines is 1. The van der Waals surface area contributed by atoms with Crippen LogP contribution in [0.4, 0.5) is 5.69 Å². The molecule has 3 aromatic rings. The van der Waals surface area contributed by atoms with Crippen LogP contribution in [0.5, 0.6) is 0 Å². The van der Waals surface area contributed by atoms with Crippen LogP contribution < -0.4 is 10.2 Å². The first-order valence-corrected chi connectivity index (χ1v) is 10.9. The Bertz CT molecular complexity index is 1170. The van der Waals surface area contributed by atoms with Crippen molar-refractivity contribution in [3.8, 4) is 0 Å². The molecule has 2 amide bonds. The Labute approximate surface area is 188 Å². The van der Waals surface area contributed by atoms with Gasteiger partial charge in [0, 0.05) is 35.6 Å². The van der Waals surface area contributed by atoms with Crippen molar-refractivity contribution in [3.63, 3.8) is 0 Å². The number of benzene rings is 2. The normalized spacial score (nSPS) is 16.3. The summed E-state index contributed by atoms with van der Waals surface area (Å²) in [5.74, 6) is -0.569. The molecule has 2 aromatic carbocycles. The van der Waals surface area contributed by atoms with E-state index in [-0.39, 0.29) is 11.8 Å². The number of amides is 2. The van der Waals surface area contributed by atoms with Gasteiger partial charge in [-0.25, -0.2) is 4.99 Å². The molecule has 0 saturated carbocycles. The molecular formula is C26H26N4O2. The molecule has 6 nitrogen and oxygen atoms in total. The number of hydrogen-bond acceptors (Lipinski definition) is 4. The molecule has 2 aliphatic heterocycles. The van der Waals surface area contributed by atoms with E-state index in [2.05, 4.69) is 29.4 Å². The second-order valence-corrected chi connectivity index (χ2v) is 7.52. The van der Waals surface area contributed by atoms with E-state index in [4.69, 9.17) is 4.99 Å². The van der Waals surface area contributed by atoms with Crippen molar-refractivity contribution < 1.29 is 9.59 Å². The zero-order valence-electron chi connectivity index (χ0n) is 18.5. The third kappa shape index (κ3) is 3.91. The molecule has 1 N–H and O–H groups in total. The Morgan fingerprint density at radius 3 is 2.50 bits per heavy atom. The maximum absolute atomic E-state index is 13.4. The van der Waals surface area contributed by atoms with Crippen LogP contribution in [0.25, 0.3) is 0 Å². The first kappa shape index (κ1) is 21.4. The number of rotatable bonds is 3. The van der Waals surface area contributed by atoms with Crippen molar-refractivity contribution in [1.29, 1.82) is 0 Å². The Kier molecular flexibility index (Phi) is 6.12. The fourth-order valence-corrected chi connectivity index (χ4v) is 4.14. The van der Waals surface area contributed by atoms with E-state index in [1.165, 1.54) is 0 Å². The van der Waals surface area contributed by atoms with Gasteiger partial charge in [0.1, 0.15) is 0 Å². The zero-order chi connectivity index (χ0) is 22.7. The summed E-state index contributed by atoms with van der Waals surface area (Å²) < 4.78 is 0. The molecule has 0 bridgehead atoms. The minimum atomic E-state index is -1.00. The first-order chi connectivity index (χ1) is 15.6. The highest BCUT2D eigenvalue weighted by atomic mass is 16.2. The van der Waals surface area contributed by atoms with E-state index >= 15 is 0 Å². The number of nitrogens with zero attached hydrogens (tertiary/aromatic N) is 3. The molecule has 0 radical (unpaired) electrons. The number of pyridine rings is 1. The number of aromatic nitrogens is 1. The molecule has 5 rings (SSSR count). The third-order valence-electron chi connectivity index (χ3n) is 5.48. The molecule has 3 heterocycles. The monoisotopic (exact) mass is 426 g/mol. The lowest BCUT2D eigenvalue weighted by atomic mass is 9.96. The van der Waals surface area contributed by atoms with Gasteiger partial charge in [-0.2, -0.15) is 0 Å². The fourth-order valence-electron chi connectivity index (χ4n) is 4.14. The largest absolute Gasteiger partial charge is 0.322 e. The molecule has 2 aliphatic rings. The first-order valence-electron chi connectivity index (χ1n) is 10.9. The van der Waals surface area contributed by atoms with Gasteiger partial charge in [-0.15, -0.1) is 0 Å². The van der Waals surface area contributed by atoms with Crippen molar-refractivity contribution in [2.75, 3.05) is 11.4 Å². The van der Waals surface area contributed by atoms with E-state index in [0.717, 1.165) is 34.4 Å². The number of hydrogen-bond donors (Lipinski definition) is 1. The number of carbonyl (C=O) groups is 2. The van der Waals surface area contributed by atoms with Crippen molar-refractivity contribution >= 4 is 23.2 Å². The Morgan fingerprint density at radius 1 is 1.06 bits per heavy atom. The molecule has 0 spiro atoms. The SMILES string of the molecule is CC.Cc1cc2c3c(c1)C(c1ccccc1)=N[C@@H](NC(=O)c1ccncc1)C(=O)N3CC2. The predicted octanol–water partition coefficient (Wildman–Crippen LogP) is 3.91. The highest BCUT2D eigenvalue weighted by Crippen LogP contribution is 2.37. The van der Waals surface area contributed by atoms with Gasteiger partial charge in [0.25, 0.3) is 11.8 Å². The van der Waals surface area contributed by atoms with Crippen LogP contribution in [-0.2, 0) is 11.2 Å². The summed E-state index contributed by atoms with van der Waals surface area (Å²) >= 11 is 0. The van der Waals surface area contributed by atoms with Crippen molar-refractivity contribution in [2.24, 2.45) is 4.99 Å². The van der Waals surface area contributed by atoms with Gasteiger partial charge in [-0.1, -0.05) is 55.8 Å². The van der Waals surface area contributed by atoms with Crippen LogP contribution in [0.2, 0.25) is 0 Å². The van der Waals surface area contributed by atoms with Gasteiger partial charge in [0.05, 0.1) is 11.4 Å². The molecule has 162 valence electrons. The van der Waals surface area contributed by atoms with Gasteiger partial charge < -0.3 is 10.2 Å². The molecule has 0 fully saturated rings. The summed E-state index contributed by atoms with van der Waals surface area (Å²) in [6, 6.07) is 17.2. The lowest BCUT2D eigenvalue weighted by Crippen LogP contribution is -2.46. The van der Waals surface area contributed by atoms with Gasteiger partial charge >= 0.3 is 0 Å². The van der Waals surface area contributed by atoms with Crippen LogP contribution in [0.3, 0.4) is 0 Å². The summed E-state index contributed by atoms with van der Waals surface area (Å²) in [6.45, 7) is 6.64. The van der Waals surface area contributed by atoms with E-state index in [0.29, 0.717) is 17.8 Å². The van der Waals surface area contributed by atoms with E-state index < -0.39 is 6.17 Å². The Hall–Kier alpha value is -3.80. The fraction of sp³-hybridized carbons (Fsp3) is 0.231. The Balaban J connectivity index is 0.00000119. The molecule has 32 heavy (non-hydrogen) atoms. The summed E-state index contributed by atoms with van der Waals surface area (Å²) in [5.41, 5.74) is 6.18. The standard InChI is InChI=1S/C24H20N4O2.C2H6/c1-15-13-18-9-12-28-21(18)19(14-15)20(16-5-3-2-4-6-16)26-22(24(28)30)27-23(29)17-7-10-25-11-8-17;1-2/h2-8,10-11,13-14,22H,9,12H2,1H3,(H,27,29);1-2H3/t22-;/m0./s1. The van der Waals surface area contributed by atoms with Crippen molar-refractivity contribution in [3.05, 3.63) is 94.8 Å². The predicted molar refractivity (Wildman–Crippen MR) is 126 cm³/mol. The van der Waals surface area contributed by atoms with Crippen LogP contribution in [0, 0.1) is 6.92 Å². The molecule has 1 aromatic heterocycles. The Morgan fingerprint density at radius 2 is 1.78 bits per heavy atom. The van der Waals surface area contributed by atoms with Crippen LogP contribution in [0.15, 0.2) is 72.0 Å². The molecule has 1 atom stereocenters. The van der Waals surface area contributed by atoms with Gasteiger partial charge in [-0.05, 0) is 37.1 Å². The molecule has 0 saturated heterocycles. The smallest absolute Gasteiger partial charge is 0.272 e. The average molecular weight is 427 g/mol. The second kappa shape index (κ2) is 9.14. The van der Waals surface area contributed by atoms with E-state index in [9.17, 15) is 9.59 Å². The average Bonchev–Trinajstić information content (AvgIpc) is 3.22. The minimum Gasteiger partial charge on any atom is -0.322 e.